The number of hydrogen-bond donors (Lipinski definition) is 1. The monoisotopic (exact) mass is 327 g/mol. The van der Waals surface area contributed by atoms with E-state index in [0.717, 1.165) is 16.6 Å². The maximum Gasteiger partial charge on any atom is 0.133 e. The van der Waals surface area contributed by atoms with Crippen LogP contribution in [0.1, 0.15) is 46.0 Å². The molecule has 0 aromatic heterocycles. The van der Waals surface area contributed by atoms with Crippen LogP contribution in [0.15, 0.2) is 28.3 Å². The fraction of sp³-hybridized carbons (Fsp3) is 0.600. The van der Waals surface area contributed by atoms with Gasteiger partial charge in [-0.2, -0.15) is 0 Å². The summed E-state index contributed by atoms with van der Waals surface area (Å²) in [6.07, 6.45) is 6.09. The highest BCUT2D eigenvalue weighted by atomic mass is 79.9. The first-order chi connectivity index (χ1) is 8.92. The molecule has 0 bridgehead atoms. The number of carbonyl (C=O) groups excluding carboxylic acids is 1. The van der Waals surface area contributed by atoms with Crippen molar-refractivity contribution in [3.63, 3.8) is 0 Å². The summed E-state index contributed by atoms with van der Waals surface area (Å²) in [7, 11) is 0. The molecule has 0 spiro atoms. The van der Waals surface area contributed by atoms with Crippen LogP contribution in [0.4, 0.5) is 0 Å². The van der Waals surface area contributed by atoms with Crippen LogP contribution < -0.4 is 0 Å². The molecule has 0 aromatic rings. The van der Waals surface area contributed by atoms with Crippen LogP contribution in [0.25, 0.3) is 0 Å². The Balaban J connectivity index is 3.03. The number of aliphatic imine (C=N–C) groups is 1. The van der Waals surface area contributed by atoms with E-state index in [1.165, 1.54) is 0 Å². The number of halogens is 1. The molecule has 1 aliphatic carbocycles. The minimum Gasteiger partial charge on any atom is -0.384 e. The summed E-state index contributed by atoms with van der Waals surface area (Å²) in [4.78, 5) is 15.8. The Morgan fingerprint density at radius 3 is 2.63 bits per heavy atom. The van der Waals surface area contributed by atoms with Crippen LogP contribution in [-0.2, 0) is 4.79 Å². The zero-order chi connectivity index (χ0) is 14.5. The number of allylic oxidation sites excluding steroid dienone is 2. The van der Waals surface area contributed by atoms with E-state index in [2.05, 4.69) is 41.3 Å². The Morgan fingerprint density at radius 1 is 1.58 bits per heavy atom. The van der Waals surface area contributed by atoms with Crippen molar-refractivity contribution in [2.24, 2.45) is 10.9 Å². The molecule has 0 saturated heterocycles. The third kappa shape index (κ3) is 4.39. The maximum atomic E-state index is 11.3. The molecule has 1 aliphatic rings. The van der Waals surface area contributed by atoms with Crippen molar-refractivity contribution in [3.8, 4) is 0 Å². The molecule has 0 unspecified atom stereocenters. The van der Waals surface area contributed by atoms with E-state index in [1.807, 2.05) is 0 Å². The Kier molecular flexibility index (Phi) is 6.14. The standard InChI is InChI=1S/C15H22BrNO2/c1-4-11(3)14(17-10-12(16)5-2)15(19)8-6-13(18)7-9-15/h5,10-11,19H,2,4,6-9H2,1,3H3/b12-10+,17-14+/t11-/m1/s1. The van der Waals surface area contributed by atoms with Crippen molar-refractivity contribution in [1.82, 2.24) is 0 Å². The Labute approximate surface area is 123 Å². The zero-order valence-electron chi connectivity index (χ0n) is 11.7. The van der Waals surface area contributed by atoms with E-state index >= 15 is 0 Å². The molecule has 0 aromatic carbocycles. The van der Waals surface area contributed by atoms with Gasteiger partial charge in [-0.05, 0) is 41.1 Å². The number of aliphatic hydroxyl groups is 1. The molecule has 106 valence electrons. The molecular weight excluding hydrogens is 306 g/mol. The number of nitrogens with zero attached hydrogens (tertiary/aromatic N) is 1. The average molecular weight is 328 g/mol. The fourth-order valence-electron chi connectivity index (χ4n) is 2.28. The van der Waals surface area contributed by atoms with Crippen LogP contribution in [0.3, 0.4) is 0 Å². The second-order valence-electron chi connectivity index (χ2n) is 5.11. The van der Waals surface area contributed by atoms with Crippen molar-refractivity contribution in [3.05, 3.63) is 23.3 Å². The van der Waals surface area contributed by atoms with Gasteiger partial charge in [-0.3, -0.25) is 9.79 Å². The molecule has 19 heavy (non-hydrogen) atoms. The smallest absolute Gasteiger partial charge is 0.133 e. The predicted molar refractivity (Wildman–Crippen MR) is 82.5 cm³/mol. The van der Waals surface area contributed by atoms with Crippen LogP contribution in [-0.4, -0.2) is 22.2 Å². The van der Waals surface area contributed by atoms with Gasteiger partial charge in [0.1, 0.15) is 11.4 Å². The molecule has 1 atom stereocenters. The van der Waals surface area contributed by atoms with Gasteiger partial charge >= 0.3 is 0 Å². The lowest BCUT2D eigenvalue weighted by Gasteiger charge is -2.35. The van der Waals surface area contributed by atoms with Crippen molar-refractivity contribution >= 4 is 27.4 Å². The van der Waals surface area contributed by atoms with Gasteiger partial charge in [0.05, 0.1) is 5.71 Å². The summed E-state index contributed by atoms with van der Waals surface area (Å²) < 4.78 is 0.781. The van der Waals surface area contributed by atoms with Gasteiger partial charge in [0, 0.05) is 23.5 Å². The van der Waals surface area contributed by atoms with E-state index in [0.29, 0.717) is 25.7 Å². The minimum absolute atomic E-state index is 0.194. The lowest BCUT2D eigenvalue weighted by atomic mass is 9.76. The number of carbonyl (C=O) groups is 1. The van der Waals surface area contributed by atoms with Crippen LogP contribution in [0.2, 0.25) is 0 Å². The first kappa shape index (κ1) is 16.3. The minimum atomic E-state index is -0.936. The Hall–Kier alpha value is -0.740. The predicted octanol–water partition coefficient (Wildman–Crippen LogP) is 3.77. The van der Waals surface area contributed by atoms with Gasteiger partial charge < -0.3 is 5.11 Å². The van der Waals surface area contributed by atoms with Gasteiger partial charge in [0.25, 0.3) is 0 Å². The van der Waals surface area contributed by atoms with Crippen LogP contribution in [0.5, 0.6) is 0 Å². The second kappa shape index (κ2) is 7.15. The van der Waals surface area contributed by atoms with Gasteiger partial charge in [-0.15, -0.1) is 0 Å². The lowest BCUT2D eigenvalue weighted by Crippen LogP contribution is -2.45. The highest BCUT2D eigenvalue weighted by Crippen LogP contribution is 2.31. The van der Waals surface area contributed by atoms with Crippen molar-refractivity contribution < 1.29 is 9.90 Å². The summed E-state index contributed by atoms with van der Waals surface area (Å²) in [5.74, 6) is 0.426. The summed E-state index contributed by atoms with van der Waals surface area (Å²) >= 11 is 3.33. The number of Topliss-reactive ketones (excluding diaryl/α,β-unsaturated/α-hetero) is 1. The molecule has 1 N–H and O–H groups in total. The van der Waals surface area contributed by atoms with Crippen molar-refractivity contribution in [1.29, 1.82) is 0 Å². The Morgan fingerprint density at radius 2 is 2.16 bits per heavy atom. The first-order valence-electron chi connectivity index (χ1n) is 6.73. The molecule has 1 fully saturated rings. The SMILES string of the molecule is C=C/C(Br)=C\N=C(/[C@H](C)CC)C1(O)CCC(=O)CC1. The quantitative estimate of drug-likeness (QED) is 0.617. The lowest BCUT2D eigenvalue weighted by molar-refractivity contribution is -0.123. The van der Waals surface area contributed by atoms with E-state index in [-0.39, 0.29) is 11.7 Å². The third-order valence-corrected chi connectivity index (χ3v) is 4.24. The van der Waals surface area contributed by atoms with Crippen molar-refractivity contribution in [2.45, 2.75) is 51.6 Å². The van der Waals surface area contributed by atoms with Crippen LogP contribution >= 0.6 is 15.9 Å². The molecule has 0 heterocycles. The van der Waals surface area contributed by atoms with E-state index in [9.17, 15) is 9.90 Å². The second-order valence-corrected chi connectivity index (χ2v) is 6.03. The molecule has 1 rings (SSSR count). The summed E-state index contributed by atoms with van der Waals surface area (Å²) in [5.41, 5.74) is -0.157. The molecule has 0 amide bonds. The van der Waals surface area contributed by atoms with E-state index in [4.69, 9.17) is 0 Å². The maximum absolute atomic E-state index is 11.3. The topological polar surface area (TPSA) is 49.7 Å². The highest BCUT2D eigenvalue weighted by molar-refractivity contribution is 9.11. The van der Waals surface area contributed by atoms with Gasteiger partial charge in [-0.1, -0.05) is 26.5 Å². The number of rotatable bonds is 5. The van der Waals surface area contributed by atoms with Crippen molar-refractivity contribution in [2.75, 3.05) is 0 Å². The molecule has 0 radical (unpaired) electrons. The molecule has 4 heteroatoms. The third-order valence-electron chi connectivity index (χ3n) is 3.71. The van der Waals surface area contributed by atoms with Crippen LogP contribution in [0, 0.1) is 5.92 Å². The van der Waals surface area contributed by atoms with E-state index in [1.54, 1.807) is 12.3 Å². The largest absolute Gasteiger partial charge is 0.384 e. The normalized spacial score (nSPS) is 22.2. The summed E-state index contributed by atoms with van der Waals surface area (Å²) in [5, 5.41) is 10.8. The molecular formula is C15H22BrNO2. The molecule has 3 nitrogen and oxygen atoms in total. The highest BCUT2D eigenvalue weighted by Gasteiger charge is 2.38. The van der Waals surface area contributed by atoms with E-state index < -0.39 is 5.60 Å². The van der Waals surface area contributed by atoms with Gasteiger partial charge in [0.15, 0.2) is 0 Å². The zero-order valence-corrected chi connectivity index (χ0v) is 13.2. The van der Waals surface area contributed by atoms with Gasteiger partial charge in [0.2, 0.25) is 0 Å². The summed E-state index contributed by atoms with van der Waals surface area (Å²) in [6, 6.07) is 0. The first-order valence-corrected chi connectivity index (χ1v) is 7.52. The molecule has 1 saturated carbocycles. The number of hydrogen-bond acceptors (Lipinski definition) is 3. The average Bonchev–Trinajstić information content (AvgIpc) is 2.41. The number of ketones is 1. The van der Waals surface area contributed by atoms with Gasteiger partial charge in [-0.25, -0.2) is 0 Å². The Bertz CT molecular complexity index is 402. The fourth-order valence-corrected chi connectivity index (χ4v) is 2.38. The summed E-state index contributed by atoms with van der Waals surface area (Å²) in [6.45, 7) is 7.78. The molecule has 0 aliphatic heterocycles.